The number of carbonyl (C=O) groups is 2. The molecule has 1 saturated carbocycles. The molecule has 2 amide bonds. The van der Waals surface area contributed by atoms with Gasteiger partial charge in [0.05, 0.1) is 15.8 Å². The van der Waals surface area contributed by atoms with Gasteiger partial charge < -0.3 is 10.2 Å². The summed E-state index contributed by atoms with van der Waals surface area (Å²) in [6, 6.07) is 12.5. The highest BCUT2D eigenvalue weighted by Crippen LogP contribution is 2.25. The van der Waals surface area contributed by atoms with Gasteiger partial charge in [0.1, 0.15) is 6.04 Å². The van der Waals surface area contributed by atoms with Gasteiger partial charge in [0.25, 0.3) is 0 Å². The molecule has 0 heterocycles. The van der Waals surface area contributed by atoms with E-state index in [0.29, 0.717) is 27.4 Å². The van der Waals surface area contributed by atoms with Crippen LogP contribution in [-0.4, -0.2) is 34.6 Å². The van der Waals surface area contributed by atoms with Gasteiger partial charge in [-0.2, -0.15) is 0 Å². The number of hydrogen-bond donors (Lipinski definition) is 1. The van der Waals surface area contributed by atoms with Crippen LogP contribution in [-0.2, 0) is 21.9 Å². The smallest absolute Gasteiger partial charge is 0.242 e. The van der Waals surface area contributed by atoms with Crippen LogP contribution in [0, 0.1) is 0 Å². The zero-order chi connectivity index (χ0) is 23.1. The maximum absolute atomic E-state index is 13.2. The third kappa shape index (κ3) is 7.31. The Bertz CT molecular complexity index is 933. The molecule has 172 valence electrons. The Morgan fingerprint density at radius 2 is 1.69 bits per heavy atom. The minimum Gasteiger partial charge on any atom is -0.352 e. The van der Waals surface area contributed by atoms with E-state index >= 15 is 0 Å². The predicted octanol–water partition coefficient (Wildman–Crippen LogP) is 6.36. The standard InChI is InChI=1S/C24H27Cl3N2O2S/c1-16(24(31)28-20-4-2-3-5-20)29(13-17-6-9-19(25)10-7-17)23(30)15-32-14-18-8-11-21(26)22(27)12-18/h6-12,16,20H,2-5,13-15H2,1H3,(H,28,31). The summed E-state index contributed by atoms with van der Waals surface area (Å²) in [5, 5.41) is 4.75. The largest absolute Gasteiger partial charge is 0.352 e. The number of amides is 2. The van der Waals surface area contributed by atoms with E-state index in [1.807, 2.05) is 24.3 Å². The van der Waals surface area contributed by atoms with E-state index in [1.54, 1.807) is 30.0 Å². The third-order valence-corrected chi connectivity index (χ3v) is 7.59. The molecule has 0 radical (unpaired) electrons. The van der Waals surface area contributed by atoms with Gasteiger partial charge in [0.2, 0.25) is 11.8 Å². The first-order chi connectivity index (χ1) is 15.3. The lowest BCUT2D eigenvalue weighted by atomic mass is 10.1. The summed E-state index contributed by atoms with van der Waals surface area (Å²) in [5.41, 5.74) is 1.92. The topological polar surface area (TPSA) is 49.4 Å². The Morgan fingerprint density at radius 1 is 1.03 bits per heavy atom. The summed E-state index contributed by atoms with van der Waals surface area (Å²) >= 11 is 19.5. The van der Waals surface area contributed by atoms with E-state index in [9.17, 15) is 9.59 Å². The van der Waals surface area contributed by atoms with E-state index < -0.39 is 6.04 Å². The molecule has 4 nitrogen and oxygen atoms in total. The van der Waals surface area contributed by atoms with E-state index in [0.717, 1.165) is 36.8 Å². The van der Waals surface area contributed by atoms with Gasteiger partial charge in [0, 0.05) is 23.4 Å². The lowest BCUT2D eigenvalue weighted by Crippen LogP contribution is -2.50. The molecule has 1 N–H and O–H groups in total. The van der Waals surface area contributed by atoms with Crippen LogP contribution in [0.25, 0.3) is 0 Å². The lowest BCUT2D eigenvalue weighted by Gasteiger charge is -2.29. The Hall–Kier alpha value is -1.40. The van der Waals surface area contributed by atoms with Crippen LogP contribution in [0.5, 0.6) is 0 Å². The molecule has 1 unspecified atom stereocenters. The summed E-state index contributed by atoms with van der Waals surface area (Å²) < 4.78 is 0. The minimum atomic E-state index is -0.565. The van der Waals surface area contributed by atoms with Crippen molar-refractivity contribution in [2.24, 2.45) is 0 Å². The van der Waals surface area contributed by atoms with Crippen molar-refractivity contribution in [3.05, 3.63) is 68.7 Å². The average Bonchev–Trinajstić information content (AvgIpc) is 3.28. The molecule has 0 saturated heterocycles. The normalized spacial score (nSPS) is 14.9. The fourth-order valence-electron chi connectivity index (χ4n) is 3.73. The van der Waals surface area contributed by atoms with Crippen LogP contribution >= 0.6 is 46.6 Å². The van der Waals surface area contributed by atoms with E-state index in [2.05, 4.69) is 5.32 Å². The molecule has 1 aliphatic rings. The molecule has 1 fully saturated rings. The first-order valence-electron chi connectivity index (χ1n) is 10.7. The molecular weight excluding hydrogens is 487 g/mol. The van der Waals surface area contributed by atoms with Gasteiger partial charge in [0.15, 0.2) is 0 Å². The number of hydrogen-bond acceptors (Lipinski definition) is 3. The molecule has 8 heteroatoms. The van der Waals surface area contributed by atoms with Gasteiger partial charge in [-0.15, -0.1) is 11.8 Å². The van der Waals surface area contributed by atoms with Crippen molar-refractivity contribution in [2.75, 3.05) is 5.75 Å². The van der Waals surface area contributed by atoms with Gasteiger partial charge in [-0.05, 0) is 55.2 Å². The first kappa shape index (κ1) is 25.2. The predicted molar refractivity (Wildman–Crippen MR) is 134 cm³/mol. The highest BCUT2D eigenvalue weighted by molar-refractivity contribution is 7.99. The zero-order valence-electron chi connectivity index (χ0n) is 18.0. The summed E-state index contributed by atoms with van der Waals surface area (Å²) in [6.07, 6.45) is 4.28. The van der Waals surface area contributed by atoms with Crippen molar-refractivity contribution in [3.63, 3.8) is 0 Å². The molecule has 0 aromatic heterocycles. The summed E-state index contributed by atoms with van der Waals surface area (Å²) in [5.74, 6) is 0.697. The zero-order valence-corrected chi connectivity index (χ0v) is 21.0. The third-order valence-electron chi connectivity index (χ3n) is 5.61. The molecule has 2 aromatic rings. The number of nitrogens with one attached hydrogen (secondary N) is 1. The number of benzene rings is 2. The maximum atomic E-state index is 13.2. The summed E-state index contributed by atoms with van der Waals surface area (Å²) in [6.45, 7) is 2.14. The molecule has 32 heavy (non-hydrogen) atoms. The lowest BCUT2D eigenvalue weighted by molar-refractivity contribution is -0.138. The number of thioether (sulfide) groups is 1. The Morgan fingerprint density at radius 3 is 2.34 bits per heavy atom. The van der Waals surface area contributed by atoms with Crippen molar-refractivity contribution in [1.29, 1.82) is 0 Å². The average molecular weight is 514 g/mol. The SMILES string of the molecule is CC(C(=O)NC1CCCC1)N(Cc1ccc(Cl)cc1)C(=O)CSCc1ccc(Cl)c(Cl)c1. The van der Waals surface area contributed by atoms with Crippen LogP contribution in [0.3, 0.4) is 0 Å². The molecular formula is C24H27Cl3N2O2S. The first-order valence-corrected chi connectivity index (χ1v) is 13.0. The van der Waals surface area contributed by atoms with Crippen molar-refractivity contribution in [1.82, 2.24) is 10.2 Å². The summed E-state index contributed by atoms with van der Waals surface area (Å²) in [4.78, 5) is 27.7. The molecule has 2 aromatic carbocycles. The van der Waals surface area contributed by atoms with Gasteiger partial charge in [-0.3, -0.25) is 9.59 Å². The number of carbonyl (C=O) groups excluding carboxylic acids is 2. The van der Waals surface area contributed by atoms with Crippen molar-refractivity contribution < 1.29 is 9.59 Å². The van der Waals surface area contributed by atoms with Crippen molar-refractivity contribution in [2.45, 2.75) is 57.0 Å². The van der Waals surface area contributed by atoms with Crippen molar-refractivity contribution in [3.8, 4) is 0 Å². The van der Waals surface area contributed by atoms with Gasteiger partial charge >= 0.3 is 0 Å². The fraction of sp³-hybridized carbons (Fsp3) is 0.417. The monoisotopic (exact) mass is 512 g/mol. The van der Waals surface area contributed by atoms with Gasteiger partial charge in [-0.1, -0.05) is 65.8 Å². The molecule has 1 atom stereocenters. The van der Waals surface area contributed by atoms with Crippen LogP contribution in [0.4, 0.5) is 0 Å². The number of nitrogens with zero attached hydrogens (tertiary/aromatic N) is 1. The number of halogens is 3. The Labute approximate surface area is 209 Å². The Balaban J connectivity index is 1.65. The van der Waals surface area contributed by atoms with E-state index in [1.165, 1.54) is 11.8 Å². The fourth-order valence-corrected chi connectivity index (χ4v) is 5.03. The second-order valence-electron chi connectivity index (χ2n) is 8.06. The van der Waals surface area contributed by atoms with Crippen LogP contribution in [0.1, 0.15) is 43.7 Å². The minimum absolute atomic E-state index is 0.0842. The van der Waals surface area contributed by atoms with Crippen LogP contribution in [0.2, 0.25) is 15.1 Å². The highest BCUT2D eigenvalue weighted by atomic mass is 35.5. The quantitative estimate of drug-likeness (QED) is 0.425. The second-order valence-corrected chi connectivity index (χ2v) is 10.3. The molecule has 1 aliphatic carbocycles. The number of rotatable bonds is 9. The second kappa shape index (κ2) is 12.2. The molecule has 3 rings (SSSR count). The van der Waals surface area contributed by atoms with E-state index in [-0.39, 0.29) is 23.6 Å². The Kier molecular flexibility index (Phi) is 9.60. The van der Waals surface area contributed by atoms with Gasteiger partial charge in [-0.25, -0.2) is 0 Å². The summed E-state index contributed by atoms with van der Waals surface area (Å²) in [7, 11) is 0. The maximum Gasteiger partial charge on any atom is 0.242 e. The molecule has 0 aliphatic heterocycles. The van der Waals surface area contributed by atoms with E-state index in [4.69, 9.17) is 34.8 Å². The molecule has 0 bridgehead atoms. The molecule has 0 spiro atoms. The van der Waals surface area contributed by atoms with Crippen LogP contribution < -0.4 is 5.32 Å². The van der Waals surface area contributed by atoms with Crippen LogP contribution in [0.15, 0.2) is 42.5 Å². The van der Waals surface area contributed by atoms with Crippen molar-refractivity contribution >= 4 is 58.4 Å². The highest BCUT2D eigenvalue weighted by Gasteiger charge is 2.28.